The molecular weight excluding hydrogens is 342 g/mol. The van der Waals surface area contributed by atoms with Crippen molar-refractivity contribution in [3.8, 4) is 0 Å². The highest BCUT2D eigenvalue weighted by molar-refractivity contribution is 5.99. The normalized spacial score (nSPS) is 21.6. The first-order chi connectivity index (χ1) is 13.0. The molecule has 27 heavy (non-hydrogen) atoms. The van der Waals surface area contributed by atoms with Gasteiger partial charge >= 0.3 is 0 Å². The van der Waals surface area contributed by atoms with Gasteiger partial charge in [0.1, 0.15) is 0 Å². The predicted octanol–water partition coefficient (Wildman–Crippen LogP) is 1.88. The molecule has 6 nitrogen and oxygen atoms in total. The molecule has 2 aliphatic rings. The maximum Gasteiger partial charge on any atom is 0.250 e. The molecule has 3 rings (SSSR count). The highest BCUT2D eigenvalue weighted by atomic mass is 16.2. The third kappa shape index (κ3) is 4.67. The van der Waals surface area contributed by atoms with Gasteiger partial charge in [-0.1, -0.05) is 19.9 Å². The van der Waals surface area contributed by atoms with E-state index in [1.807, 2.05) is 35.4 Å². The number of Topliss-reactive ketones (excluding diaryl/α,β-unsaturated/α-hetero) is 1. The fourth-order valence-corrected chi connectivity index (χ4v) is 4.61. The standard InChI is InChI=1S/C21H31N3O3/c1-3-8-23(9-4-2)21(27)11-18(25)15-22-12-16-10-17(14-22)19-6-5-7-20(26)24(19)13-16/h5-7,16-17H,3-4,8-15H2,1-2H3. The fraction of sp³-hybridized carbons (Fsp3) is 0.667. The van der Waals surface area contributed by atoms with E-state index in [0.29, 0.717) is 18.4 Å². The van der Waals surface area contributed by atoms with Gasteiger partial charge in [-0.15, -0.1) is 0 Å². The zero-order valence-electron chi connectivity index (χ0n) is 16.5. The Hall–Kier alpha value is -1.95. The van der Waals surface area contributed by atoms with Crippen molar-refractivity contribution in [1.82, 2.24) is 14.4 Å². The van der Waals surface area contributed by atoms with E-state index >= 15 is 0 Å². The lowest BCUT2D eigenvalue weighted by atomic mass is 9.83. The van der Waals surface area contributed by atoms with Crippen LogP contribution in [-0.4, -0.2) is 58.8 Å². The maximum absolute atomic E-state index is 12.5. The second kappa shape index (κ2) is 8.83. The van der Waals surface area contributed by atoms with Crippen molar-refractivity contribution in [2.75, 3.05) is 32.7 Å². The van der Waals surface area contributed by atoms with Gasteiger partial charge in [0.15, 0.2) is 5.78 Å². The highest BCUT2D eigenvalue weighted by Crippen LogP contribution is 2.34. The summed E-state index contributed by atoms with van der Waals surface area (Å²) >= 11 is 0. The molecule has 1 saturated heterocycles. The Morgan fingerprint density at radius 2 is 1.85 bits per heavy atom. The number of nitrogens with zero attached hydrogens (tertiary/aromatic N) is 3. The summed E-state index contributed by atoms with van der Waals surface area (Å²) in [5, 5.41) is 0. The molecule has 0 aliphatic carbocycles. The van der Waals surface area contributed by atoms with Crippen molar-refractivity contribution < 1.29 is 9.59 Å². The molecule has 2 aliphatic heterocycles. The van der Waals surface area contributed by atoms with E-state index in [-0.39, 0.29) is 23.7 Å². The molecule has 6 heteroatoms. The fourth-order valence-electron chi connectivity index (χ4n) is 4.61. The van der Waals surface area contributed by atoms with Crippen LogP contribution in [-0.2, 0) is 16.1 Å². The molecule has 0 saturated carbocycles. The van der Waals surface area contributed by atoms with Crippen molar-refractivity contribution in [3.63, 3.8) is 0 Å². The maximum atomic E-state index is 12.5. The van der Waals surface area contributed by atoms with Gasteiger partial charge in [0.2, 0.25) is 5.91 Å². The number of likely N-dealkylation sites (tertiary alicyclic amines) is 1. The third-order valence-electron chi connectivity index (χ3n) is 5.64. The third-order valence-corrected chi connectivity index (χ3v) is 5.64. The van der Waals surface area contributed by atoms with Gasteiger partial charge in [-0.25, -0.2) is 0 Å². The summed E-state index contributed by atoms with van der Waals surface area (Å²) in [7, 11) is 0. The summed E-state index contributed by atoms with van der Waals surface area (Å²) in [6.07, 6.45) is 2.90. The van der Waals surface area contributed by atoms with Gasteiger partial charge in [0, 0.05) is 50.4 Å². The first kappa shape index (κ1) is 19.8. The van der Waals surface area contributed by atoms with Crippen LogP contribution in [0.4, 0.5) is 0 Å². The van der Waals surface area contributed by atoms with Crippen LogP contribution in [0.1, 0.15) is 51.1 Å². The van der Waals surface area contributed by atoms with Crippen LogP contribution in [0.25, 0.3) is 0 Å². The summed E-state index contributed by atoms with van der Waals surface area (Å²) in [4.78, 5) is 41.0. The van der Waals surface area contributed by atoms with Crippen molar-refractivity contribution in [1.29, 1.82) is 0 Å². The largest absolute Gasteiger partial charge is 0.342 e. The van der Waals surface area contributed by atoms with E-state index in [0.717, 1.165) is 57.7 Å². The zero-order chi connectivity index (χ0) is 19.4. The molecule has 2 unspecified atom stereocenters. The number of hydrogen-bond acceptors (Lipinski definition) is 4. The lowest BCUT2D eigenvalue weighted by Crippen LogP contribution is -2.48. The number of aromatic nitrogens is 1. The van der Waals surface area contributed by atoms with Crippen molar-refractivity contribution in [2.45, 2.75) is 52.0 Å². The highest BCUT2D eigenvalue weighted by Gasteiger charge is 2.35. The number of fused-ring (bicyclic) bond motifs is 4. The van der Waals surface area contributed by atoms with Crippen molar-refractivity contribution in [3.05, 3.63) is 34.2 Å². The van der Waals surface area contributed by atoms with Crippen LogP contribution in [0.3, 0.4) is 0 Å². The van der Waals surface area contributed by atoms with E-state index in [9.17, 15) is 14.4 Å². The van der Waals surface area contributed by atoms with Crippen molar-refractivity contribution >= 4 is 11.7 Å². The molecule has 1 fully saturated rings. The molecule has 0 N–H and O–H groups in total. The Morgan fingerprint density at radius 3 is 2.56 bits per heavy atom. The molecule has 1 amide bonds. The number of hydrogen-bond donors (Lipinski definition) is 0. The van der Waals surface area contributed by atoms with Gasteiger partial charge in [-0.3, -0.25) is 19.3 Å². The van der Waals surface area contributed by atoms with Crippen LogP contribution in [0, 0.1) is 5.92 Å². The Morgan fingerprint density at radius 1 is 1.11 bits per heavy atom. The summed E-state index contributed by atoms with van der Waals surface area (Å²) in [5.41, 5.74) is 1.16. The number of pyridine rings is 1. The van der Waals surface area contributed by atoms with Crippen LogP contribution >= 0.6 is 0 Å². The van der Waals surface area contributed by atoms with Crippen LogP contribution in [0.2, 0.25) is 0 Å². The monoisotopic (exact) mass is 373 g/mol. The van der Waals surface area contributed by atoms with Gasteiger partial charge in [0.05, 0.1) is 13.0 Å². The smallest absolute Gasteiger partial charge is 0.250 e. The minimum absolute atomic E-state index is 0.00186. The van der Waals surface area contributed by atoms with Crippen LogP contribution < -0.4 is 5.56 Å². The Balaban J connectivity index is 1.59. The lowest BCUT2D eigenvalue weighted by Gasteiger charge is -2.42. The number of ketones is 1. The summed E-state index contributed by atoms with van der Waals surface area (Å²) in [5.74, 6) is 0.656. The van der Waals surface area contributed by atoms with Gasteiger partial charge < -0.3 is 9.47 Å². The molecule has 148 valence electrons. The SMILES string of the molecule is CCCN(CCC)C(=O)CC(=O)CN1CC2CC(C1)c1cccc(=O)n1C2. The average Bonchev–Trinajstić information content (AvgIpc) is 2.62. The molecule has 1 aromatic heterocycles. The van der Waals surface area contributed by atoms with E-state index in [1.54, 1.807) is 6.07 Å². The lowest BCUT2D eigenvalue weighted by molar-refractivity contribution is -0.136. The minimum atomic E-state index is -0.0437. The Bertz CT molecular complexity index is 736. The number of rotatable bonds is 8. The molecular formula is C21H31N3O3. The molecule has 0 spiro atoms. The summed E-state index contributed by atoms with van der Waals surface area (Å²) in [6, 6.07) is 5.48. The van der Waals surface area contributed by atoms with Crippen molar-refractivity contribution in [2.24, 2.45) is 5.92 Å². The molecule has 0 radical (unpaired) electrons. The molecule has 0 aromatic carbocycles. The van der Waals surface area contributed by atoms with Gasteiger partial charge in [-0.05, 0) is 31.2 Å². The predicted molar refractivity (Wildman–Crippen MR) is 105 cm³/mol. The van der Waals surface area contributed by atoms with E-state index in [4.69, 9.17) is 0 Å². The second-order valence-electron chi connectivity index (χ2n) is 7.99. The topological polar surface area (TPSA) is 62.6 Å². The van der Waals surface area contributed by atoms with Gasteiger partial charge in [0.25, 0.3) is 5.56 Å². The molecule has 1 aromatic rings. The Kier molecular flexibility index (Phi) is 6.47. The van der Waals surface area contributed by atoms with Crippen LogP contribution in [0.15, 0.2) is 23.0 Å². The van der Waals surface area contributed by atoms with E-state index < -0.39 is 0 Å². The van der Waals surface area contributed by atoms with E-state index in [2.05, 4.69) is 4.90 Å². The minimum Gasteiger partial charge on any atom is -0.342 e. The first-order valence-corrected chi connectivity index (χ1v) is 10.2. The molecule has 3 heterocycles. The summed E-state index contributed by atoms with van der Waals surface area (Å²) in [6.45, 7) is 8.22. The number of piperidine rings is 1. The second-order valence-corrected chi connectivity index (χ2v) is 7.99. The quantitative estimate of drug-likeness (QED) is 0.653. The van der Waals surface area contributed by atoms with Crippen LogP contribution in [0.5, 0.6) is 0 Å². The average molecular weight is 373 g/mol. The molecule has 2 bridgehead atoms. The number of carbonyl (C=O) groups is 2. The number of carbonyl (C=O) groups excluding carboxylic acids is 2. The first-order valence-electron chi connectivity index (χ1n) is 10.2. The Labute approximate surface area is 161 Å². The molecule has 2 atom stereocenters. The number of amides is 1. The van der Waals surface area contributed by atoms with E-state index in [1.165, 1.54) is 0 Å². The zero-order valence-corrected chi connectivity index (χ0v) is 16.5. The summed E-state index contributed by atoms with van der Waals surface area (Å²) < 4.78 is 1.90. The van der Waals surface area contributed by atoms with Gasteiger partial charge in [-0.2, -0.15) is 0 Å².